The van der Waals surface area contributed by atoms with Crippen LogP contribution >= 0.6 is 50.1 Å². The van der Waals surface area contributed by atoms with Gasteiger partial charge in [0.1, 0.15) is 11.3 Å². The molecule has 3 rings (SSSR count). The van der Waals surface area contributed by atoms with Crippen molar-refractivity contribution in [2.75, 3.05) is 11.9 Å². The number of fused-ring (bicyclic) bond motifs is 1. The molecule has 9 heteroatoms. The molecule has 0 amide bonds. The van der Waals surface area contributed by atoms with E-state index >= 15 is 0 Å². The Morgan fingerprint density at radius 2 is 1.93 bits per heavy atom. The largest absolute Gasteiger partial charge is 0.414 e. The SMILES string of the molecule is CN(c1nc(Cl)nc2c(F)c(Br)c(I)cc12)C1CC(O[Si](C)(C)C(C)(C)C)C1. The van der Waals surface area contributed by atoms with E-state index in [1.54, 1.807) is 0 Å². The quantitative estimate of drug-likeness (QED) is 0.168. The Labute approximate surface area is 194 Å². The van der Waals surface area contributed by atoms with Gasteiger partial charge in [-0.15, -0.1) is 0 Å². The topological polar surface area (TPSA) is 38.2 Å². The Bertz CT molecular complexity index is 918. The molecule has 1 aromatic heterocycles. The summed E-state index contributed by atoms with van der Waals surface area (Å²) in [6.07, 6.45) is 2.13. The van der Waals surface area contributed by atoms with Gasteiger partial charge in [-0.05, 0) is 87.2 Å². The van der Waals surface area contributed by atoms with Gasteiger partial charge in [-0.2, -0.15) is 4.98 Å². The first-order valence-electron chi connectivity index (χ1n) is 9.23. The fourth-order valence-corrected chi connectivity index (χ4v) is 5.51. The molecule has 0 unspecified atom stereocenters. The molecule has 1 aliphatic rings. The monoisotopic (exact) mass is 599 g/mol. The summed E-state index contributed by atoms with van der Waals surface area (Å²) >= 11 is 11.5. The van der Waals surface area contributed by atoms with Gasteiger partial charge in [0.25, 0.3) is 0 Å². The lowest BCUT2D eigenvalue weighted by atomic mass is 9.88. The molecule has 0 N–H and O–H groups in total. The average molecular weight is 601 g/mol. The molecule has 0 radical (unpaired) electrons. The Kier molecular flexibility index (Phi) is 6.39. The third-order valence-corrected chi connectivity index (χ3v) is 13.1. The van der Waals surface area contributed by atoms with Gasteiger partial charge in [-0.1, -0.05) is 20.8 Å². The summed E-state index contributed by atoms with van der Waals surface area (Å²) < 4.78 is 22.4. The van der Waals surface area contributed by atoms with Crippen LogP contribution in [0.4, 0.5) is 10.2 Å². The van der Waals surface area contributed by atoms with E-state index in [9.17, 15) is 4.39 Å². The van der Waals surface area contributed by atoms with Gasteiger partial charge in [0, 0.05) is 28.1 Å². The van der Waals surface area contributed by atoms with E-state index in [2.05, 4.69) is 87.3 Å². The molecule has 154 valence electrons. The molecular weight excluding hydrogens is 576 g/mol. The van der Waals surface area contributed by atoms with Crippen LogP contribution in [0.15, 0.2) is 10.5 Å². The fourth-order valence-electron chi connectivity index (χ4n) is 3.12. The molecule has 0 saturated heterocycles. The van der Waals surface area contributed by atoms with E-state index in [0.29, 0.717) is 15.7 Å². The highest BCUT2D eigenvalue weighted by Crippen LogP contribution is 2.42. The van der Waals surface area contributed by atoms with Crippen LogP contribution in [0.2, 0.25) is 23.4 Å². The van der Waals surface area contributed by atoms with Crippen molar-refractivity contribution in [2.45, 2.75) is 63.9 Å². The number of halogens is 4. The standard InChI is InChI=1S/C19H25BrClFIN3OSi/c1-19(2,3)28(5,6)27-11-7-10(8-11)26(4)17-12-9-13(23)14(20)15(22)16(12)24-18(21)25-17/h9-11H,7-8H2,1-6H3. The van der Waals surface area contributed by atoms with Gasteiger partial charge in [0.05, 0.1) is 4.47 Å². The lowest BCUT2D eigenvalue weighted by Crippen LogP contribution is -2.53. The number of nitrogens with zero attached hydrogens (tertiary/aromatic N) is 3. The smallest absolute Gasteiger partial charge is 0.225 e. The van der Waals surface area contributed by atoms with Gasteiger partial charge in [-0.3, -0.25) is 0 Å². The first-order valence-corrected chi connectivity index (χ1v) is 14.4. The van der Waals surface area contributed by atoms with Crippen molar-refractivity contribution in [3.63, 3.8) is 0 Å². The highest BCUT2D eigenvalue weighted by atomic mass is 127. The Hall–Kier alpha value is -0.0331. The molecule has 28 heavy (non-hydrogen) atoms. The Balaban J connectivity index is 1.83. The summed E-state index contributed by atoms with van der Waals surface area (Å²) in [6, 6.07) is 2.18. The first kappa shape index (κ1) is 22.6. The summed E-state index contributed by atoms with van der Waals surface area (Å²) in [4.78, 5) is 10.6. The molecule has 1 aliphatic carbocycles. The van der Waals surface area contributed by atoms with Crippen LogP contribution in [0.5, 0.6) is 0 Å². The highest BCUT2D eigenvalue weighted by molar-refractivity contribution is 14.1. The normalized spacial score (nSPS) is 20.4. The summed E-state index contributed by atoms with van der Waals surface area (Å²) in [6.45, 7) is 11.3. The molecule has 0 bridgehead atoms. The minimum absolute atomic E-state index is 0.0507. The van der Waals surface area contributed by atoms with Crippen molar-refractivity contribution in [1.29, 1.82) is 0 Å². The molecule has 0 spiro atoms. The summed E-state index contributed by atoms with van der Waals surface area (Å²) in [7, 11) is 0.208. The maximum atomic E-state index is 14.7. The van der Waals surface area contributed by atoms with Crippen LogP contribution in [0, 0.1) is 9.39 Å². The van der Waals surface area contributed by atoms with Crippen molar-refractivity contribution in [1.82, 2.24) is 9.97 Å². The molecule has 0 atom stereocenters. The van der Waals surface area contributed by atoms with E-state index in [0.717, 1.165) is 16.4 Å². The lowest BCUT2D eigenvalue weighted by molar-refractivity contribution is 0.0843. The summed E-state index contributed by atoms with van der Waals surface area (Å²) in [5.74, 6) is 0.253. The van der Waals surface area contributed by atoms with Crippen molar-refractivity contribution in [3.8, 4) is 0 Å². The Morgan fingerprint density at radius 3 is 2.50 bits per heavy atom. The average Bonchev–Trinajstić information content (AvgIpc) is 2.54. The summed E-state index contributed by atoms with van der Waals surface area (Å²) in [5.41, 5.74) is 0.238. The van der Waals surface area contributed by atoms with E-state index in [-0.39, 0.29) is 28.0 Å². The minimum Gasteiger partial charge on any atom is -0.414 e. The summed E-state index contributed by atoms with van der Waals surface area (Å²) in [5, 5.41) is 0.919. The lowest BCUT2D eigenvalue weighted by Gasteiger charge is -2.47. The van der Waals surface area contributed by atoms with Gasteiger partial charge in [0.15, 0.2) is 14.1 Å². The number of rotatable bonds is 4. The molecule has 0 aliphatic heterocycles. The first-order chi connectivity index (χ1) is 12.8. The predicted molar refractivity (Wildman–Crippen MR) is 128 cm³/mol. The zero-order valence-electron chi connectivity index (χ0n) is 16.9. The highest BCUT2D eigenvalue weighted by Gasteiger charge is 2.43. The number of anilines is 1. The van der Waals surface area contributed by atoms with Crippen LogP contribution < -0.4 is 4.90 Å². The maximum Gasteiger partial charge on any atom is 0.225 e. The van der Waals surface area contributed by atoms with Gasteiger partial charge in [-0.25, -0.2) is 9.37 Å². The van der Waals surface area contributed by atoms with E-state index in [1.165, 1.54) is 0 Å². The number of aromatic nitrogens is 2. The van der Waals surface area contributed by atoms with Crippen molar-refractivity contribution in [2.24, 2.45) is 0 Å². The third-order valence-electron chi connectivity index (χ3n) is 6.00. The second-order valence-corrected chi connectivity index (χ2v) is 16.0. The van der Waals surface area contributed by atoms with Gasteiger partial charge in [0.2, 0.25) is 5.28 Å². The number of hydrogen-bond acceptors (Lipinski definition) is 4. The second-order valence-electron chi connectivity index (χ2n) is 8.94. The van der Waals surface area contributed by atoms with E-state index in [1.807, 2.05) is 13.1 Å². The van der Waals surface area contributed by atoms with Crippen LogP contribution in [0.1, 0.15) is 33.6 Å². The molecule has 1 aromatic carbocycles. The maximum absolute atomic E-state index is 14.7. The number of benzene rings is 1. The van der Waals surface area contributed by atoms with Crippen molar-refractivity contribution in [3.05, 3.63) is 25.2 Å². The third kappa shape index (κ3) is 4.22. The molecule has 4 nitrogen and oxygen atoms in total. The second kappa shape index (κ2) is 7.90. The Morgan fingerprint density at radius 1 is 1.32 bits per heavy atom. The van der Waals surface area contributed by atoms with Gasteiger partial charge >= 0.3 is 0 Å². The molecule has 2 aromatic rings. The van der Waals surface area contributed by atoms with Gasteiger partial charge < -0.3 is 9.33 Å². The van der Waals surface area contributed by atoms with Crippen molar-refractivity contribution < 1.29 is 8.82 Å². The van der Waals surface area contributed by atoms with Crippen LogP contribution in [-0.2, 0) is 4.43 Å². The van der Waals surface area contributed by atoms with E-state index in [4.69, 9.17) is 16.0 Å². The van der Waals surface area contributed by atoms with Crippen LogP contribution in [0.3, 0.4) is 0 Å². The zero-order valence-corrected chi connectivity index (χ0v) is 22.4. The molecule has 1 heterocycles. The zero-order chi connectivity index (χ0) is 21.0. The van der Waals surface area contributed by atoms with Crippen molar-refractivity contribution >= 4 is 75.2 Å². The number of hydrogen-bond donors (Lipinski definition) is 0. The minimum atomic E-state index is -1.78. The fraction of sp³-hybridized carbons (Fsp3) is 0.579. The predicted octanol–water partition coefficient (Wildman–Crippen LogP) is 6.78. The molecular formula is C19H25BrClFIN3OSi. The molecule has 1 fully saturated rings. The van der Waals surface area contributed by atoms with E-state index < -0.39 is 14.1 Å². The van der Waals surface area contributed by atoms with Crippen LogP contribution in [-0.4, -0.2) is 37.5 Å². The molecule has 1 saturated carbocycles. The van der Waals surface area contributed by atoms with Crippen LogP contribution in [0.25, 0.3) is 10.9 Å².